The van der Waals surface area contributed by atoms with Crippen LogP contribution in [0, 0.1) is 3.57 Å². The van der Waals surface area contributed by atoms with Crippen LogP contribution in [0.2, 0.25) is 0 Å². The van der Waals surface area contributed by atoms with E-state index in [2.05, 4.69) is 32.6 Å². The number of ether oxygens (including phenoxy) is 2. The van der Waals surface area contributed by atoms with Crippen LogP contribution in [0.5, 0.6) is 17.5 Å². The molecular formula is C15H15IN2O3. The fourth-order valence-corrected chi connectivity index (χ4v) is 1.83. The van der Waals surface area contributed by atoms with Crippen molar-refractivity contribution >= 4 is 22.6 Å². The molecule has 6 heteroatoms. The highest BCUT2D eigenvalue weighted by Gasteiger charge is 2.03. The topological polar surface area (TPSA) is 64.5 Å². The lowest BCUT2D eigenvalue weighted by atomic mass is 10.3. The van der Waals surface area contributed by atoms with Gasteiger partial charge < -0.3 is 14.6 Å². The third-order valence-electron chi connectivity index (χ3n) is 2.46. The van der Waals surface area contributed by atoms with Gasteiger partial charge in [-0.3, -0.25) is 0 Å². The Hall–Kier alpha value is -1.67. The number of benzene rings is 1. The molecule has 2 aromatic rings. The van der Waals surface area contributed by atoms with Crippen molar-refractivity contribution < 1.29 is 14.6 Å². The van der Waals surface area contributed by atoms with Crippen molar-refractivity contribution in [2.45, 2.75) is 13.0 Å². The standard InChI is InChI=1S/C15H15IN2O3/c1-11(3-2-8-19)20-13-4-6-14(7-5-13)21-15-17-9-12(16)10-18-15/h2-7,9-11,19H,8H2,1H3/b3-2+. The predicted octanol–water partition coefficient (Wildman–Crippen LogP) is 3.19. The van der Waals surface area contributed by atoms with Crippen molar-refractivity contribution in [1.29, 1.82) is 0 Å². The van der Waals surface area contributed by atoms with Crippen molar-refractivity contribution in [2.24, 2.45) is 0 Å². The molecule has 1 atom stereocenters. The van der Waals surface area contributed by atoms with E-state index in [4.69, 9.17) is 14.6 Å². The molecule has 110 valence electrons. The lowest BCUT2D eigenvalue weighted by Crippen LogP contribution is -2.08. The SMILES string of the molecule is CC(/C=C/CO)Oc1ccc(Oc2ncc(I)cn2)cc1. The van der Waals surface area contributed by atoms with Gasteiger partial charge in [-0.2, -0.15) is 0 Å². The summed E-state index contributed by atoms with van der Waals surface area (Å²) in [6.45, 7) is 1.91. The Morgan fingerprint density at radius 3 is 2.43 bits per heavy atom. The van der Waals surface area contributed by atoms with Crippen LogP contribution in [-0.2, 0) is 0 Å². The summed E-state index contributed by atoms with van der Waals surface area (Å²) in [6.07, 6.45) is 6.72. The molecule has 0 bridgehead atoms. The van der Waals surface area contributed by atoms with Crippen molar-refractivity contribution in [3.8, 4) is 17.5 Å². The van der Waals surface area contributed by atoms with E-state index < -0.39 is 0 Å². The van der Waals surface area contributed by atoms with Gasteiger partial charge in [0.25, 0.3) is 0 Å². The van der Waals surface area contributed by atoms with Gasteiger partial charge in [0.2, 0.25) is 0 Å². The van der Waals surface area contributed by atoms with E-state index in [0.717, 1.165) is 9.32 Å². The molecule has 0 aliphatic carbocycles. The minimum Gasteiger partial charge on any atom is -0.487 e. The number of rotatable bonds is 6. The zero-order chi connectivity index (χ0) is 15.1. The molecule has 0 spiro atoms. The predicted molar refractivity (Wildman–Crippen MR) is 87.6 cm³/mol. The normalized spacial score (nSPS) is 12.3. The fourth-order valence-electron chi connectivity index (χ4n) is 1.55. The monoisotopic (exact) mass is 398 g/mol. The number of aliphatic hydroxyl groups excluding tert-OH is 1. The van der Waals surface area contributed by atoms with Crippen molar-refractivity contribution in [3.63, 3.8) is 0 Å². The molecule has 1 aromatic heterocycles. The Bertz CT molecular complexity index is 585. The maximum absolute atomic E-state index is 8.70. The summed E-state index contributed by atoms with van der Waals surface area (Å²) in [4.78, 5) is 8.15. The molecule has 1 unspecified atom stereocenters. The first-order valence-corrected chi connectivity index (χ1v) is 7.45. The van der Waals surface area contributed by atoms with Crippen molar-refractivity contribution in [2.75, 3.05) is 6.61 Å². The van der Waals surface area contributed by atoms with Gasteiger partial charge in [-0.25, -0.2) is 9.97 Å². The largest absolute Gasteiger partial charge is 0.487 e. The fraction of sp³-hybridized carbons (Fsp3) is 0.200. The molecule has 21 heavy (non-hydrogen) atoms. The van der Waals surface area contributed by atoms with Gasteiger partial charge in [0, 0.05) is 16.0 Å². The molecular weight excluding hydrogens is 383 g/mol. The van der Waals surface area contributed by atoms with E-state index >= 15 is 0 Å². The average molecular weight is 398 g/mol. The molecule has 2 rings (SSSR count). The van der Waals surface area contributed by atoms with Crippen LogP contribution < -0.4 is 9.47 Å². The Morgan fingerprint density at radius 2 is 1.81 bits per heavy atom. The average Bonchev–Trinajstić information content (AvgIpc) is 2.49. The lowest BCUT2D eigenvalue weighted by Gasteiger charge is -2.11. The minimum atomic E-state index is -0.108. The molecule has 1 N–H and O–H groups in total. The maximum Gasteiger partial charge on any atom is 0.321 e. The Labute approximate surface area is 136 Å². The molecule has 1 heterocycles. The number of aliphatic hydroxyl groups is 1. The summed E-state index contributed by atoms with van der Waals surface area (Å²) in [6, 6.07) is 7.51. The van der Waals surface area contributed by atoms with E-state index in [1.165, 1.54) is 0 Å². The lowest BCUT2D eigenvalue weighted by molar-refractivity contribution is 0.267. The molecule has 0 radical (unpaired) electrons. The van der Waals surface area contributed by atoms with E-state index in [1.807, 2.05) is 19.1 Å². The zero-order valence-corrected chi connectivity index (χ0v) is 13.6. The summed E-state index contributed by atoms with van der Waals surface area (Å²) in [5.74, 6) is 1.36. The first-order chi connectivity index (χ1) is 10.2. The molecule has 0 fully saturated rings. The summed E-state index contributed by atoms with van der Waals surface area (Å²) in [5, 5.41) is 8.70. The van der Waals surface area contributed by atoms with Gasteiger partial charge in [0.1, 0.15) is 17.6 Å². The van der Waals surface area contributed by atoms with E-state index in [-0.39, 0.29) is 12.7 Å². The smallest absolute Gasteiger partial charge is 0.321 e. The summed E-state index contributed by atoms with van der Waals surface area (Å²) >= 11 is 2.13. The van der Waals surface area contributed by atoms with Crippen molar-refractivity contribution in [3.05, 3.63) is 52.4 Å². The number of nitrogens with zero attached hydrogens (tertiary/aromatic N) is 2. The Balaban J connectivity index is 1.95. The molecule has 0 amide bonds. The third kappa shape index (κ3) is 5.31. The van der Waals surface area contributed by atoms with Crippen LogP contribution in [0.15, 0.2) is 48.8 Å². The van der Waals surface area contributed by atoms with Crippen LogP contribution in [0.25, 0.3) is 0 Å². The number of halogens is 1. The molecule has 0 saturated carbocycles. The first kappa shape index (κ1) is 15.7. The van der Waals surface area contributed by atoms with Gasteiger partial charge >= 0.3 is 6.01 Å². The molecule has 5 nitrogen and oxygen atoms in total. The summed E-state index contributed by atoms with van der Waals surface area (Å²) in [5.41, 5.74) is 0. The van der Waals surface area contributed by atoms with E-state index in [0.29, 0.717) is 11.8 Å². The van der Waals surface area contributed by atoms with Gasteiger partial charge in [-0.1, -0.05) is 6.08 Å². The van der Waals surface area contributed by atoms with Crippen LogP contribution in [0.4, 0.5) is 0 Å². The number of aromatic nitrogens is 2. The highest BCUT2D eigenvalue weighted by Crippen LogP contribution is 2.22. The second-order valence-corrected chi connectivity index (χ2v) is 5.44. The Morgan fingerprint density at radius 1 is 1.19 bits per heavy atom. The quantitative estimate of drug-likeness (QED) is 0.598. The maximum atomic E-state index is 8.70. The molecule has 0 aliphatic heterocycles. The number of hydrogen-bond donors (Lipinski definition) is 1. The number of hydrogen-bond acceptors (Lipinski definition) is 5. The van der Waals surface area contributed by atoms with E-state index in [1.54, 1.807) is 36.7 Å². The van der Waals surface area contributed by atoms with Crippen LogP contribution in [0.1, 0.15) is 6.92 Å². The van der Waals surface area contributed by atoms with Crippen LogP contribution in [0.3, 0.4) is 0 Å². The van der Waals surface area contributed by atoms with Gasteiger partial charge in [0.05, 0.1) is 6.61 Å². The van der Waals surface area contributed by atoms with Gasteiger partial charge in [-0.15, -0.1) is 0 Å². The van der Waals surface area contributed by atoms with Gasteiger partial charge in [0.15, 0.2) is 0 Å². The minimum absolute atomic E-state index is 0.0104. The third-order valence-corrected chi connectivity index (χ3v) is 3.02. The first-order valence-electron chi connectivity index (χ1n) is 6.37. The summed E-state index contributed by atoms with van der Waals surface area (Å²) in [7, 11) is 0. The molecule has 0 aliphatic rings. The van der Waals surface area contributed by atoms with Crippen molar-refractivity contribution in [1.82, 2.24) is 9.97 Å². The summed E-state index contributed by atoms with van der Waals surface area (Å²) < 4.78 is 12.1. The second kappa shape index (κ2) is 7.94. The second-order valence-electron chi connectivity index (χ2n) is 4.19. The zero-order valence-electron chi connectivity index (χ0n) is 11.4. The Kier molecular flexibility index (Phi) is 5.94. The molecule has 0 saturated heterocycles. The highest BCUT2D eigenvalue weighted by molar-refractivity contribution is 14.1. The van der Waals surface area contributed by atoms with Crippen LogP contribution in [-0.4, -0.2) is 27.8 Å². The van der Waals surface area contributed by atoms with E-state index in [9.17, 15) is 0 Å². The highest BCUT2D eigenvalue weighted by atomic mass is 127. The van der Waals surface area contributed by atoms with Gasteiger partial charge in [-0.05, 0) is 59.9 Å². The molecule has 1 aromatic carbocycles. The van der Waals surface area contributed by atoms with Crippen LogP contribution >= 0.6 is 22.6 Å².